The Hall–Kier alpha value is -2.99. The van der Waals surface area contributed by atoms with Gasteiger partial charge in [-0.25, -0.2) is 12.4 Å². The number of rotatable bonds is 7. The van der Waals surface area contributed by atoms with Crippen LogP contribution in [0.4, 0.5) is 0 Å². The third-order valence-corrected chi connectivity index (χ3v) is 7.34. The van der Waals surface area contributed by atoms with Crippen LogP contribution in [0.25, 0.3) is 17.3 Å². The lowest BCUT2D eigenvalue weighted by Gasteiger charge is -2.22. The number of aldehydes is 1. The van der Waals surface area contributed by atoms with Crippen LogP contribution in [0.5, 0.6) is 0 Å². The lowest BCUT2D eigenvalue weighted by Crippen LogP contribution is -2.15. The monoisotopic (exact) mass is 434 g/mol. The second-order valence-electron chi connectivity index (χ2n) is 8.00. The van der Waals surface area contributed by atoms with Gasteiger partial charge in [0.25, 0.3) is 0 Å². The summed E-state index contributed by atoms with van der Waals surface area (Å²) in [6, 6.07) is 13.4. The SMILES string of the molecule is O=Cc1cc(-c2ccc(C3CCCCC3)cc2)n(S(=O)(=O)CC=Cc2cccnc2)c1. The van der Waals surface area contributed by atoms with Gasteiger partial charge in [0, 0.05) is 24.2 Å². The fourth-order valence-electron chi connectivity index (χ4n) is 4.19. The molecule has 31 heavy (non-hydrogen) atoms. The van der Waals surface area contributed by atoms with Crippen molar-refractivity contribution in [3.63, 3.8) is 0 Å². The number of carbonyl (C=O) groups excluding carboxylic acids is 1. The molecule has 3 aromatic rings. The van der Waals surface area contributed by atoms with E-state index in [4.69, 9.17) is 0 Å². The largest absolute Gasteiger partial charge is 0.298 e. The maximum atomic E-state index is 13.0. The molecule has 0 saturated heterocycles. The third kappa shape index (κ3) is 5.02. The van der Waals surface area contributed by atoms with Crippen molar-refractivity contribution in [2.75, 3.05) is 5.75 Å². The molecule has 0 atom stereocenters. The predicted octanol–water partition coefficient (Wildman–Crippen LogP) is 5.30. The van der Waals surface area contributed by atoms with Crippen LogP contribution in [0.15, 0.2) is 67.1 Å². The molecule has 1 fully saturated rings. The Balaban J connectivity index is 1.60. The lowest BCUT2D eigenvalue weighted by atomic mass is 9.84. The lowest BCUT2D eigenvalue weighted by molar-refractivity contribution is 0.112. The molecule has 5 nitrogen and oxygen atoms in total. The first-order chi connectivity index (χ1) is 15.1. The standard InChI is InChI=1S/C25H26N2O3S/c28-19-21-16-25(24-12-10-23(11-13-24)22-8-2-1-3-9-22)27(18-21)31(29,30)15-5-7-20-6-4-14-26-17-20/h4-7,10-14,16-19,22H,1-3,8-9,15H2. The third-order valence-electron chi connectivity index (χ3n) is 5.83. The van der Waals surface area contributed by atoms with Gasteiger partial charge in [-0.1, -0.05) is 61.7 Å². The van der Waals surface area contributed by atoms with Crippen LogP contribution in [0.1, 0.15) is 59.5 Å². The molecule has 2 heterocycles. The topological polar surface area (TPSA) is 69.0 Å². The zero-order valence-corrected chi connectivity index (χ0v) is 18.2. The van der Waals surface area contributed by atoms with E-state index in [-0.39, 0.29) is 5.75 Å². The van der Waals surface area contributed by atoms with E-state index >= 15 is 0 Å². The molecule has 0 aliphatic heterocycles. The molecule has 160 valence electrons. The van der Waals surface area contributed by atoms with Gasteiger partial charge >= 0.3 is 0 Å². The second kappa shape index (κ2) is 9.43. The number of aromatic nitrogens is 2. The Morgan fingerprint density at radius 2 is 1.81 bits per heavy atom. The van der Waals surface area contributed by atoms with Gasteiger partial charge in [-0.3, -0.25) is 9.78 Å². The molecule has 0 spiro atoms. The molecule has 0 unspecified atom stereocenters. The highest BCUT2D eigenvalue weighted by molar-refractivity contribution is 7.90. The van der Waals surface area contributed by atoms with Gasteiger partial charge < -0.3 is 0 Å². The molecular formula is C25H26N2O3S. The van der Waals surface area contributed by atoms with Crippen molar-refractivity contribution < 1.29 is 13.2 Å². The van der Waals surface area contributed by atoms with Crippen LogP contribution >= 0.6 is 0 Å². The van der Waals surface area contributed by atoms with Gasteiger partial charge in [-0.2, -0.15) is 0 Å². The fourth-order valence-corrected chi connectivity index (χ4v) is 5.43. The van der Waals surface area contributed by atoms with Crippen molar-refractivity contribution >= 4 is 22.4 Å². The van der Waals surface area contributed by atoms with E-state index < -0.39 is 10.0 Å². The molecule has 1 saturated carbocycles. The molecule has 2 aromatic heterocycles. The van der Waals surface area contributed by atoms with E-state index in [0.29, 0.717) is 23.5 Å². The van der Waals surface area contributed by atoms with Crippen molar-refractivity contribution in [3.8, 4) is 11.3 Å². The maximum Gasteiger partial charge on any atom is 0.242 e. The van der Waals surface area contributed by atoms with Gasteiger partial charge in [-0.05, 0) is 47.6 Å². The first-order valence-corrected chi connectivity index (χ1v) is 12.3. The molecule has 6 heteroatoms. The van der Waals surface area contributed by atoms with Crippen LogP contribution in [0.3, 0.4) is 0 Å². The first kappa shape index (κ1) is 21.2. The average Bonchev–Trinajstić information content (AvgIpc) is 3.26. The molecule has 4 rings (SSSR count). The van der Waals surface area contributed by atoms with Crippen molar-refractivity contribution in [1.29, 1.82) is 0 Å². The zero-order valence-electron chi connectivity index (χ0n) is 17.4. The normalized spacial score (nSPS) is 15.4. The Kier molecular flexibility index (Phi) is 6.47. The highest BCUT2D eigenvalue weighted by atomic mass is 32.2. The van der Waals surface area contributed by atoms with Crippen molar-refractivity contribution in [1.82, 2.24) is 8.96 Å². The number of carbonyl (C=O) groups is 1. The zero-order chi connectivity index (χ0) is 21.7. The number of hydrogen-bond acceptors (Lipinski definition) is 4. The molecule has 0 amide bonds. The second-order valence-corrected chi connectivity index (χ2v) is 9.89. The van der Waals surface area contributed by atoms with E-state index in [1.54, 1.807) is 36.7 Å². The molecule has 1 aromatic carbocycles. The van der Waals surface area contributed by atoms with Gasteiger partial charge in [-0.15, -0.1) is 0 Å². The highest BCUT2D eigenvalue weighted by Crippen LogP contribution is 2.34. The molecule has 0 N–H and O–H groups in total. The van der Waals surface area contributed by atoms with Crippen molar-refractivity contribution in [2.24, 2.45) is 0 Å². The Morgan fingerprint density at radius 3 is 2.48 bits per heavy atom. The van der Waals surface area contributed by atoms with Crippen LogP contribution in [0.2, 0.25) is 0 Å². The van der Waals surface area contributed by atoms with Crippen LogP contribution in [0, 0.1) is 0 Å². The first-order valence-electron chi connectivity index (χ1n) is 10.6. The summed E-state index contributed by atoms with van der Waals surface area (Å²) >= 11 is 0. The number of benzene rings is 1. The van der Waals surface area contributed by atoms with Gasteiger partial charge in [0.05, 0.1) is 11.4 Å². The molecule has 1 aliphatic rings. The summed E-state index contributed by atoms with van der Waals surface area (Å²) in [6.45, 7) is 0. The predicted molar refractivity (Wildman–Crippen MR) is 124 cm³/mol. The summed E-state index contributed by atoms with van der Waals surface area (Å²) in [5, 5.41) is 0. The van der Waals surface area contributed by atoms with Crippen molar-refractivity contribution in [3.05, 3.63) is 83.8 Å². The van der Waals surface area contributed by atoms with E-state index in [2.05, 4.69) is 17.1 Å². The van der Waals surface area contributed by atoms with E-state index in [1.807, 2.05) is 18.2 Å². The number of nitrogens with zero attached hydrogens (tertiary/aromatic N) is 2. The maximum absolute atomic E-state index is 13.0. The van der Waals surface area contributed by atoms with Crippen LogP contribution < -0.4 is 0 Å². The molecule has 0 bridgehead atoms. The smallest absolute Gasteiger partial charge is 0.242 e. The summed E-state index contributed by atoms with van der Waals surface area (Å²) in [5.41, 5.74) is 3.77. The Morgan fingerprint density at radius 1 is 1.03 bits per heavy atom. The summed E-state index contributed by atoms with van der Waals surface area (Å²) in [4.78, 5) is 15.4. The number of hydrogen-bond donors (Lipinski definition) is 0. The van der Waals surface area contributed by atoms with Crippen molar-refractivity contribution in [2.45, 2.75) is 38.0 Å². The van der Waals surface area contributed by atoms with E-state index in [0.717, 1.165) is 11.1 Å². The Bertz CT molecular complexity index is 1160. The minimum Gasteiger partial charge on any atom is -0.298 e. The van der Waals surface area contributed by atoms with E-state index in [9.17, 15) is 13.2 Å². The summed E-state index contributed by atoms with van der Waals surface area (Å²) < 4.78 is 27.3. The molecule has 1 aliphatic carbocycles. The summed E-state index contributed by atoms with van der Waals surface area (Å²) in [6.07, 6.45) is 15.0. The highest BCUT2D eigenvalue weighted by Gasteiger charge is 2.20. The summed E-state index contributed by atoms with van der Waals surface area (Å²) in [5.74, 6) is 0.406. The molecule has 0 radical (unpaired) electrons. The van der Waals surface area contributed by atoms with Gasteiger partial charge in [0.1, 0.15) is 0 Å². The summed E-state index contributed by atoms with van der Waals surface area (Å²) in [7, 11) is -3.68. The molecular weight excluding hydrogens is 408 g/mol. The van der Waals surface area contributed by atoms with E-state index in [1.165, 1.54) is 47.8 Å². The minimum absolute atomic E-state index is 0.179. The quantitative estimate of drug-likeness (QED) is 0.473. The van der Waals surface area contributed by atoms with Gasteiger partial charge in [0.15, 0.2) is 6.29 Å². The fraction of sp³-hybridized carbons (Fsp3) is 0.280. The van der Waals surface area contributed by atoms with Crippen LogP contribution in [-0.2, 0) is 10.0 Å². The minimum atomic E-state index is -3.68. The van der Waals surface area contributed by atoms with Crippen LogP contribution in [-0.4, -0.2) is 29.4 Å². The van der Waals surface area contributed by atoms with Gasteiger partial charge in [0.2, 0.25) is 10.0 Å². The Labute approximate surface area is 183 Å². The number of pyridine rings is 1. The average molecular weight is 435 g/mol.